The lowest BCUT2D eigenvalue weighted by atomic mass is 10.1. The Morgan fingerprint density at radius 2 is 1.50 bits per heavy atom. The average molecular weight is 417 g/mol. The minimum absolute atomic E-state index is 0.212. The molecule has 152 valence electrons. The Morgan fingerprint density at radius 1 is 0.833 bits per heavy atom. The standard InChI is InChI=1S/C25H24N2O2S/c1-2-18-30-23-15-9-7-13-21(23)25(29)27-22-14-8-6-12-20(22)24(28)26-17-16-19-10-4-3-5-11-19/h2-15H,1,16-18H2,(H,26,28)(H,27,29). The summed E-state index contributed by atoms with van der Waals surface area (Å²) in [6.45, 7) is 4.25. The topological polar surface area (TPSA) is 58.2 Å². The summed E-state index contributed by atoms with van der Waals surface area (Å²) < 4.78 is 0. The Morgan fingerprint density at radius 3 is 2.27 bits per heavy atom. The Labute approximate surface area is 181 Å². The van der Waals surface area contributed by atoms with Crippen molar-refractivity contribution < 1.29 is 9.59 Å². The monoisotopic (exact) mass is 416 g/mol. The predicted octanol–water partition coefficient (Wildman–Crippen LogP) is 5.19. The first-order valence-electron chi connectivity index (χ1n) is 9.74. The molecule has 3 aromatic carbocycles. The molecule has 0 fully saturated rings. The fourth-order valence-electron chi connectivity index (χ4n) is 2.97. The highest BCUT2D eigenvalue weighted by atomic mass is 32.2. The molecule has 0 aliphatic rings. The molecule has 0 bridgehead atoms. The maximum Gasteiger partial charge on any atom is 0.256 e. The molecule has 5 heteroatoms. The van der Waals surface area contributed by atoms with Crippen molar-refractivity contribution in [1.29, 1.82) is 0 Å². The van der Waals surface area contributed by atoms with E-state index in [0.717, 1.165) is 16.9 Å². The zero-order valence-electron chi connectivity index (χ0n) is 16.6. The Hall–Kier alpha value is -3.31. The van der Waals surface area contributed by atoms with Crippen LogP contribution in [-0.4, -0.2) is 24.1 Å². The number of hydrogen-bond donors (Lipinski definition) is 2. The van der Waals surface area contributed by atoms with Crippen LogP contribution in [0.25, 0.3) is 0 Å². The molecule has 0 saturated carbocycles. The molecule has 3 rings (SSSR count). The van der Waals surface area contributed by atoms with Gasteiger partial charge in [-0.15, -0.1) is 18.3 Å². The quantitative estimate of drug-likeness (QED) is 0.373. The van der Waals surface area contributed by atoms with E-state index in [1.165, 1.54) is 0 Å². The molecular weight excluding hydrogens is 392 g/mol. The average Bonchev–Trinajstić information content (AvgIpc) is 2.79. The van der Waals surface area contributed by atoms with E-state index in [1.807, 2.05) is 48.5 Å². The van der Waals surface area contributed by atoms with Crippen LogP contribution < -0.4 is 10.6 Å². The van der Waals surface area contributed by atoms with Gasteiger partial charge in [0.2, 0.25) is 0 Å². The Bertz CT molecular complexity index is 1020. The van der Waals surface area contributed by atoms with Gasteiger partial charge in [0.1, 0.15) is 0 Å². The van der Waals surface area contributed by atoms with E-state index in [0.29, 0.717) is 29.1 Å². The molecule has 0 spiro atoms. The first kappa shape index (κ1) is 21.4. The van der Waals surface area contributed by atoms with Gasteiger partial charge >= 0.3 is 0 Å². The van der Waals surface area contributed by atoms with Crippen LogP contribution in [0.2, 0.25) is 0 Å². The summed E-state index contributed by atoms with van der Waals surface area (Å²) in [4.78, 5) is 26.5. The fourth-order valence-corrected chi connectivity index (χ4v) is 3.76. The number of nitrogens with one attached hydrogen (secondary N) is 2. The van der Waals surface area contributed by atoms with Crippen LogP contribution in [0, 0.1) is 0 Å². The van der Waals surface area contributed by atoms with Crippen LogP contribution >= 0.6 is 11.8 Å². The van der Waals surface area contributed by atoms with Gasteiger partial charge in [0.25, 0.3) is 11.8 Å². The van der Waals surface area contributed by atoms with Crippen molar-refractivity contribution >= 4 is 29.3 Å². The largest absolute Gasteiger partial charge is 0.352 e. The van der Waals surface area contributed by atoms with Gasteiger partial charge in [0.05, 0.1) is 16.8 Å². The second-order valence-electron chi connectivity index (χ2n) is 6.59. The minimum atomic E-state index is -0.244. The van der Waals surface area contributed by atoms with E-state index >= 15 is 0 Å². The van der Waals surface area contributed by atoms with E-state index in [9.17, 15) is 9.59 Å². The molecule has 0 aromatic heterocycles. The normalized spacial score (nSPS) is 10.3. The first-order chi connectivity index (χ1) is 14.7. The number of thioether (sulfide) groups is 1. The number of rotatable bonds is 9. The van der Waals surface area contributed by atoms with Gasteiger partial charge in [0, 0.05) is 17.2 Å². The molecule has 0 unspecified atom stereocenters. The number of carbonyl (C=O) groups is 2. The summed E-state index contributed by atoms with van der Waals surface area (Å²) >= 11 is 1.55. The van der Waals surface area contributed by atoms with E-state index in [2.05, 4.69) is 17.2 Å². The maximum absolute atomic E-state index is 12.9. The van der Waals surface area contributed by atoms with Crippen molar-refractivity contribution in [1.82, 2.24) is 5.32 Å². The van der Waals surface area contributed by atoms with Gasteiger partial charge in [-0.2, -0.15) is 0 Å². The van der Waals surface area contributed by atoms with Crippen molar-refractivity contribution in [3.8, 4) is 0 Å². The minimum Gasteiger partial charge on any atom is -0.352 e. The zero-order chi connectivity index (χ0) is 21.2. The molecule has 0 saturated heterocycles. The molecule has 0 atom stereocenters. The molecule has 0 aliphatic carbocycles. The van der Waals surface area contributed by atoms with E-state index < -0.39 is 0 Å². The molecule has 0 heterocycles. The maximum atomic E-state index is 12.9. The number of para-hydroxylation sites is 1. The molecule has 4 nitrogen and oxygen atoms in total. The number of amides is 2. The van der Waals surface area contributed by atoms with E-state index in [1.54, 1.807) is 48.2 Å². The van der Waals surface area contributed by atoms with Crippen LogP contribution in [-0.2, 0) is 6.42 Å². The summed E-state index contributed by atoms with van der Waals surface area (Å²) in [6.07, 6.45) is 2.55. The second kappa shape index (κ2) is 11.0. The molecule has 2 N–H and O–H groups in total. The predicted molar refractivity (Wildman–Crippen MR) is 124 cm³/mol. The highest BCUT2D eigenvalue weighted by Gasteiger charge is 2.16. The van der Waals surface area contributed by atoms with Crippen LogP contribution in [0.1, 0.15) is 26.3 Å². The summed E-state index contributed by atoms with van der Waals surface area (Å²) in [5.74, 6) is 0.257. The smallest absolute Gasteiger partial charge is 0.256 e. The summed E-state index contributed by atoms with van der Waals surface area (Å²) in [5, 5.41) is 5.83. The van der Waals surface area contributed by atoms with Gasteiger partial charge in [-0.05, 0) is 36.2 Å². The molecule has 2 amide bonds. The van der Waals surface area contributed by atoms with Crippen LogP contribution in [0.3, 0.4) is 0 Å². The van der Waals surface area contributed by atoms with Crippen molar-refractivity contribution in [3.63, 3.8) is 0 Å². The van der Waals surface area contributed by atoms with Crippen molar-refractivity contribution in [2.75, 3.05) is 17.6 Å². The van der Waals surface area contributed by atoms with E-state index in [4.69, 9.17) is 0 Å². The third-order valence-electron chi connectivity index (χ3n) is 4.45. The van der Waals surface area contributed by atoms with Gasteiger partial charge in [-0.1, -0.05) is 60.7 Å². The molecule has 3 aromatic rings. The molecule has 0 aliphatic heterocycles. The van der Waals surface area contributed by atoms with Crippen LogP contribution in [0.15, 0.2) is 96.4 Å². The summed E-state index contributed by atoms with van der Waals surface area (Å²) in [5.41, 5.74) is 2.66. The van der Waals surface area contributed by atoms with Crippen molar-refractivity contribution in [2.24, 2.45) is 0 Å². The summed E-state index contributed by atoms with van der Waals surface area (Å²) in [6, 6.07) is 24.4. The summed E-state index contributed by atoms with van der Waals surface area (Å²) in [7, 11) is 0. The highest BCUT2D eigenvalue weighted by molar-refractivity contribution is 7.99. The van der Waals surface area contributed by atoms with Crippen LogP contribution in [0.4, 0.5) is 5.69 Å². The molecular formula is C25H24N2O2S. The molecule has 30 heavy (non-hydrogen) atoms. The van der Waals surface area contributed by atoms with Gasteiger partial charge in [0.15, 0.2) is 0 Å². The zero-order valence-corrected chi connectivity index (χ0v) is 17.5. The van der Waals surface area contributed by atoms with Crippen molar-refractivity contribution in [3.05, 3.63) is 108 Å². The van der Waals surface area contributed by atoms with E-state index in [-0.39, 0.29) is 11.8 Å². The fraction of sp³-hybridized carbons (Fsp3) is 0.120. The molecule has 0 radical (unpaired) electrons. The number of anilines is 1. The van der Waals surface area contributed by atoms with Gasteiger partial charge in [-0.3, -0.25) is 9.59 Å². The number of benzene rings is 3. The third kappa shape index (κ3) is 5.84. The SMILES string of the molecule is C=CCSc1ccccc1C(=O)Nc1ccccc1C(=O)NCCc1ccccc1. The van der Waals surface area contributed by atoms with Crippen LogP contribution in [0.5, 0.6) is 0 Å². The lowest BCUT2D eigenvalue weighted by Gasteiger charge is -2.13. The lowest BCUT2D eigenvalue weighted by Crippen LogP contribution is -2.27. The highest BCUT2D eigenvalue weighted by Crippen LogP contribution is 2.24. The Kier molecular flexibility index (Phi) is 7.86. The number of carbonyl (C=O) groups excluding carboxylic acids is 2. The number of hydrogen-bond acceptors (Lipinski definition) is 3. The first-order valence-corrected chi connectivity index (χ1v) is 10.7. The third-order valence-corrected chi connectivity index (χ3v) is 5.52. The van der Waals surface area contributed by atoms with Gasteiger partial charge < -0.3 is 10.6 Å². The Balaban J connectivity index is 1.68. The van der Waals surface area contributed by atoms with Gasteiger partial charge in [-0.25, -0.2) is 0 Å². The van der Waals surface area contributed by atoms with Crippen molar-refractivity contribution in [2.45, 2.75) is 11.3 Å². The lowest BCUT2D eigenvalue weighted by molar-refractivity contribution is 0.0955. The second-order valence-corrected chi connectivity index (χ2v) is 7.65.